The Bertz CT molecular complexity index is 1150. The van der Waals surface area contributed by atoms with Crippen LogP contribution in [-0.4, -0.2) is 46.7 Å². The fourth-order valence-corrected chi connectivity index (χ4v) is 4.58. The summed E-state index contributed by atoms with van der Waals surface area (Å²) in [7, 11) is 1.44. The molecule has 0 unspecified atom stereocenters. The monoisotopic (exact) mass is 498 g/mol. The van der Waals surface area contributed by atoms with Crippen molar-refractivity contribution < 1.29 is 31.9 Å². The third-order valence-electron chi connectivity index (χ3n) is 6.21. The number of aromatic nitrogens is 1. The number of halogens is 5. The smallest absolute Gasteiger partial charge is 0.359 e. The van der Waals surface area contributed by atoms with E-state index in [2.05, 4.69) is 10.3 Å². The molecule has 0 atom stereocenters. The van der Waals surface area contributed by atoms with Gasteiger partial charge in [-0.2, -0.15) is 13.2 Å². The number of nitrogens with zero attached hydrogens (tertiary/aromatic N) is 3. The maximum absolute atomic E-state index is 14.5. The van der Waals surface area contributed by atoms with Gasteiger partial charge >= 0.3 is 6.18 Å². The number of carbonyl (C=O) groups excluding carboxylic acids is 3. The average Bonchev–Trinajstić information content (AvgIpc) is 2.74. The number of benzene rings is 1. The Hall–Kier alpha value is -3.21. The maximum Gasteiger partial charge on any atom is 0.416 e. The summed E-state index contributed by atoms with van der Waals surface area (Å²) >= 11 is 5.74. The molecule has 2 heterocycles. The number of alkyl halides is 3. The lowest BCUT2D eigenvalue weighted by Gasteiger charge is -2.56. The van der Waals surface area contributed by atoms with Gasteiger partial charge in [0.05, 0.1) is 10.6 Å². The van der Waals surface area contributed by atoms with E-state index in [-0.39, 0.29) is 36.1 Å². The zero-order valence-corrected chi connectivity index (χ0v) is 18.6. The predicted octanol–water partition coefficient (Wildman–Crippen LogP) is 3.16. The third-order valence-corrected chi connectivity index (χ3v) is 6.41. The van der Waals surface area contributed by atoms with Crippen molar-refractivity contribution in [3.63, 3.8) is 0 Å². The molecule has 34 heavy (non-hydrogen) atoms. The van der Waals surface area contributed by atoms with E-state index in [1.165, 1.54) is 24.1 Å². The van der Waals surface area contributed by atoms with Crippen LogP contribution < -0.4 is 10.2 Å². The summed E-state index contributed by atoms with van der Waals surface area (Å²) in [5, 5.41) is 2.51. The van der Waals surface area contributed by atoms with E-state index in [1.807, 2.05) is 0 Å². The lowest BCUT2D eigenvalue weighted by atomic mass is 9.64. The Kier molecular flexibility index (Phi) is 6.01. The molecule has 1 aromatic carbocycles. The molecular weight excluding hydrogens is 480 g/mol. The molecule has 1 aromatic heterocycles. The molecule has 3 amide bonds. The highest BCUT2D eigenvalue weighted by Crippen LogP contribution is 2.47. The summed E-state index contributed by atoms with van der Waals surface area (Å²) in [6.07, 6.45) is -3.39. The van der Waals surface area contributed by atoms with Crippen LogP contribution in [0.25, 0.3) is 0 Å². The minimum Gasteiger partial charge on any atom is -0.359 e. The number of nitrogens with one attached hydrogen (secondary N) is 1. The molecule has 1 aliphatic heterocycles. The van der Waals surface area contributed by atoms with Gasteiger partial charge in [0, 0.05) is 25.7 Å². The normalized spacial score (nSPS) is 22.7. The van der Waals surface area contributed by atoms with Crippen molar-refractivity contribution in [2.24, 2.45) is 5.92 Å². The number of anilines is 1. The third kappa shape index (κ3) is 4.08. The minimum atomic E-state index is -4.51. The molecule has 7 nitrogen and oxygen atoms in total. The summed E-state index contributed by atoms with van der Waals surface area (Å²) in [5.41, 5.74) is -1.92. The molecule has 2 fully saturated rings. The first-order chi connectivity index (χ1) is 16.0. The Balaban J connectivity index is 1.67. The van der Waals surface area contributed by atoms with E-state index in [1.54, 1.807) is 0 Å². The van der Waals surface area contributed by atoms with Crippen LogP contribution in [0.3, 0.4) is 0 Å². The zero-order chi connectivity index (χ0) is 24.8. The molecule has 2 aromatic rings. The van der Waals surface area contributed by atoms with Crippen molar-refractivity contribution >= 4 is 35.1 Å². The molecule has 1 spiro atoms. The molecule has 1 saturated carbocycles. The lowest BCUT2D eigenvalue weighted by Crippen LogP contribution is -2.73. The molecule has 0 radical (unpaired) electrons. The Labute approximate surface area is 196 Å². The van der Waals surface area contributed by atoms with Gasteiger partial charge in [-0.25, -0.2) is 9.37 Å². The molecule has 2 aliphatic rings. The fraction of sp³-hybridized carbons (Fsp3) is 0.364. The van der Waals surface area contributed by atoms with Gasteiger partial charge in [0.25, 0.3) is 5.91 Å². The van der Waals surface area contributed by atoms with Crippen LogP contribution in [0.1, 0.15) is 24.0 Å². The SMILES string of the molecule is CNC(=O)C1CC2(C1)C(=O)N(c1ncc(Cl)cc1F)CC(=O)N2Cc1ccc(C(F)(F)F)cc1. The zero-order valence-electron chi connectivity index (χ0n) is 17.8. The predicted molar refractivity (Wildman–Crippen MR) is 113 cm³/mol. The van der Waals surface area contributed by atoms with Gasteiger partial charge in [0.2, 0.25) is 11.8 Å². The van der Waals surface area contributed by atoms with Crippen LogP contribution in [0.15, 0.2) is 36.5 Å². The second-order valence-corrected chi connectivity index (χ2v) is 8.71. The second kappa shape index (κ2) is 8.53. The van der Waals surface area contributed by atoms with Gasteiger partial charge in [0.15, 0.2) is 11.6 Å². The first kappa shape index (κ1) is 23.9. The van der Waals surface area contributed by atoms with Crippen LogP contribution >= 0.6 is 11.6 Å². The van der Waals surface area contributed by atoms with Crippen LogP contribution in [0.2, 0.25) is 5.02 Å². The molecule has 0 bridgehead atoms. The van der Waals surface area contributed by atoms with Gasteiger partial charge < -0.3 is 10.2 Å². The topological polar surface area (TPSA) is 82.6 Å². The van der Waals surface area contributed by atoms with Crippen LogP contribution in [0.5, 0.6) is 0 Å². The van der Waals surface area contributed by atoms with Crippen molar-refractivity contribution in [3.8, 4) is 0 Å². The number of piperazine rings is 1. The van der Waals surface area contributed by atoms with Crippen molar-refractivity contribution in [2.75, 3.05) is 18.5 Å². The average molecular weight is 499 g/mol. The van der Waals surface area contributed by atoms with Gasteiger partial charge in [-0.1, -0.05) is 23.7 Å². The lowest BCUT2D eigenvalue weighted by molar-refractivity contribution is -0.165. The van der Waals surface area contributed by atoms with E-state index >= 15 is 0 Å². The van der Waals surface area contributed by atoms with Gasteiger partial charge in [0.1, 0.15) is 12.1 Å². The summed E-state index contributed by atoms with van der Waals surface area (Å²) in [6, 6.07) is 5.22. The second-order valence-electron chi connectivity index (χ2n) is 8.28. The number of amides is 3. The van der Waals surface area contributed by atoms with E-state index in [4.69, 9.17) is 11.6 Å². The highest BCUT2D eigenvalue weighted by Gasteiger charge is 2.61. The summed E-state index contributed by atoms with van der Waals surface area (Å²) in [6.45, 7) is -0.662. The quantitative estimate of drug-likeness (QED) is 0.657. The number of hydrogen-bond acceptors (Lipinski definition) is 4. The summed E-state index contributed by atoms with van der Waals surface area (Å²) in [4.78, 5) is 44.9. The van der Waals surface area contributed by atoms with E-state index < -0.39 is 47.4 Å². The largest absolute Gasteiger partial charge is 0.416 e. The van der Waals surface area contributed by atoms with Crippen molar-refractivity contribution in [1.82, 2.24) is 15.2 Å². The molecule has 180 valence electrons. The highest BCUT2D eigenvalue weighted by molar-refractivity contribution is 6.30. The Morgan fingerprint density at radius 3 is 2.44 bits per heavy atom. The molecule has 4 rings (SSSR count). The van der Waals surface area contributed by atoms with Crippen LogP contribution in [-0.2, 0) is 27.1 Å². The minimum absolute atomic E-state index is 0.0103. The molecule has 12 heteroatoms. The summed E-state index contributed by atoms with van der Waals surface area (Å²) in [5.74, 6) is -3.28. The highest BCUT2D eigenvalue weighted by atomic mass is 35.5. The van der Waals surface area contributed by atoms with Gasteiger partial charge in [-0.3, -0.25) is 19.3 Å². The fourth-order valence-electron chi connectivity index (χ4n) is 4.44. The Morgan fingerprint density at radius 2 is 1.88 bits per heavy atom. The molecule has 1 aliphatic carbocycles. The number of pyridine rings is 1. The van der Waals surface area contributed by atoms with E-state index in [0.717, 1.165) is 29.3 Å². The first-order valence-corrected chi connectivity index (χ1v) is 10.7. The molecular formula is C22H19ClF4N4O3. The van der Waals surface area contributed by atoms with Crippen LogP contribution in [0.4, 0.5) is 23.4 Å². The first-order valence-electron chi connectivity index (χ1n) is 10.3. The van der Waals surface area contributed by atoms with E-state index in [0.29, 0.717) is 5.56 Å². The van der Waals surface area contributed by atoms with Crippen molar-refractivity contribution in [2.45, 2.75) is 31.1 Å². The number of carbonyl (C=O) groups is 3. The molecule has 1 N–H and O–H groups in total. The van der Waals surface area contributed by atoms with Crippen molar-refractivity contribution in [3.05, 3.63) is 58.5 Å². The Morgan fingerprint density at radius 1 is 1.24 bits per heavy atom. The number of hydrogen-bond donors (Lipinski definition) is 1. The van der Waals surface area contributed by atoms with Gasteiger partial charge in [-0.05, 0) is 36.6 Å². The summed E-state index contributed by atoms with van der Waals surface area (Å²) < 4.78 is 53.2. The van der Waals surface area contributed by atoms with E-state index in [9.17, 15) is 31.9 Å². The van der Waals surface area contributed by atoms with Crippen LogP contribution in [0, 0.1) is 11.7 Å². The standard InChI is InChI=1S/C22H19ClF4N4O3/c1-28-19(33)13-7-21(8-13)20(34)30(18-16(24)6-15(23)9-29-18)11-17(32)31(21)10-12-2-4-14(5-3-12)22(25,26)27/h2-6,9,13H,7-8,10-11H2,1H3,(H,28,33). The molecule has 1 saturated heterocycles. The maximum atomic E-state index is 14.5. The van der Waals surface area contributed by atoms with Crippen molar-refractivity contribution in [1.29, 1.82) is 0 Å². The number of rotatable bonds is 4. The van der Waals surface area contributed by atoms with Gasteiger partial charge in [-0.15, -0.1) is 0 Å².